The molecule has 1 aromatic rings. The summed E-state index contributed by atoms with van der Waals surface area (Å²) in [7, 11) is 1.77. The largest absolute Gasteiger partial charge is 0.386 e. The maximum atomic E-state index is 10.8. The highest BCUT2D eigenvalue weighted by Crippen LogP contribution is 2.24. The van der Waals surface area contributed by atoms with Gasteiger partial charge in [-0.1, -0.05) is 57.3 Å². The molecule has 130 valence electrons. The Kier molecular flexibility index (Phi) is 10.4. The Labute approximate surface area is 145 Å². The highest BCUT2D eigenvalue weighted by molar-refractivity contribution is 5.74. The molecule has 0 aliphatic rings. The first kappa shape index (κ1) is 21.2. The molecule has 0 atom stereocenters. The zero-order valence-corrected chi connectivity index (χ0v) is 14.9. The number of hydrogen-bond donors (Lipinski definition) is 4. The number of hydrazine groups is 1. The summed E-state index contributed by atoms with van der Waals surface area (Å²) in [5.41, 5.74) is 7.36. The van der Waals surface area contributed by atoms with Crippen LogP contribution in [0.4, 0.5) is 0 Å². The lowest BCUT2D eigenvalue weighted by Crippen LogP contribution is -2.27. The van der Waals surface area contributed by atoms with Crippen molar-refractivity contribution >= 4 is 12.1 Å². The topological polar surface area (TPSA) is 79.2 Å². The van der Waals surface area contributed by atoms with Gasteiger partial charge in [-0.25, -0.2) is 0 Å². The van der Waals surface area contributed by atoms with Crippen LogP contribution in [0, 0.1) is 6.92 Å². The molecule has 0 aliphatic heterocycles. The lowest BCUT2D eigenvalue weighted by Gasteiger charge is -2.19. The van der Waals surface area contributed by atoms with E-state index >= 15 is 0 Å². The second-order valence-electron chi connectivity index (χ2n) is 4.46. The van der Waals surface area contributed by atoms with E-state index in [4.69, 9.17) is 5.84 Å². The Hall–Kier alpha value is -2.79. The molecule has 0 saturated heterocycles. The van der Waals surface area contributed by atoms with Gasteiger partial charge in [0.2, 0.25) is 6.41 Å². The standard InChI is InChI=1S/C17H22N4O.C2H6/c1-5-13(15(6-2)20-11-22)16(19-4)17(21-18)14-10-8-7-9-12(14)3;1-2/h5-11,19,21H,1-2,18H2,3-4H3,(H,20,22);1-2H3/b15-13-,17-16-;. The van der Waals surface area contributed by atoms with E-state index in [1.807, 2.05) is 45.0 Å². The summed E-state index contributed by atoms with van der Waals surface area (Å²) in [5.74, 6) is 5.74. The molecule has 0 fully saturated rings. The first-order chi connectivity index (χ1) is 11.6. The van der Waals surface area contributed by atoms with Crippen LogP contribution in [0.5, 0.6) is 0 Å². The molecule has 1 amide bonds. The van der Waals surface area contributed by atoms with E-state index in [-0.39, 0.29) is 0 Å². The predicted octanol–water partition coefficient (Wildman–Crippen LogP) is 2.74. The average molecular weight is 328 g/mol. The Balaban J connectivity index is 0.00000254. The molecule has 0 spiro atoms. The molecule has 5 N–H and O–H groups in total. The van der Waals surface area contributed by atoms with Crippen LogP contribution in [0.2, 0.25) is 0 Å². The number of likely N-dealkylation sites (N-methyl/N-ethyl adjacent to an activating group) is 1. The van der Waals surface area contributed by atoms with Gasteiger partial charge in [0, 0.05) is 23.9 Å². The van der Waals surface area contributed by atoms with Gasteiger partial charge in [-0.05, 0) is 18.6 Å². The summed E-state index contributed by atoms with van der Waals surface area (Å²) in [6, 6.07) is 7.85. The minimum Gasteiger partial charge on any atom is -0.386 e. The Morgan fingerprint density at radius 3 is 2.21 bits per heavy atom. The van der Waals surface area contributed by atoms with E-state index in [0.717, 1.165) is 11.1 Å². The van der Waals surface area contributed by atoms with Crippen molar-refractivity contribution in [3.8, 4) is 0 Å². The minimum absolute atomic E-state index is 0.538. The van der Waals surface area contributed by atoms with Gasteiger partial charge in [0.15, 0.2) is 0 Å². The number of benzene rings is 1. The molecule has 5 nitrogen and oxygen atoms in total. The van der Waals surface area contributed by atoms with Crippen LogP contribution >= 0.6 is 0 Å². The van der Waals surface area contributed by atoms with Gasteiger partial charge >= 0.3 is 0 Å². The van der Waals surface area contributed by atoms with Gasteiger partial charge in [-0.15, -0.1) is 0 Å². The lowest BCUT2D eigenvalue weighted by atomic mass is 10.00. The van der Waals surface area contributed by atoms with Crippen molar-refractivity contribution in [2.24, 2.45) is 5.84 Å². The average Bonchev–Trinajstić information content (AvgIpc) is 2.63. The van der Waals surface area contributed by atoms with Gasteiger partial charge in [0.05, 0.1) is 11.4 Å². The molecule has 0 saturated carbocycles. The van der Waals surface area contributed by atoms with Crippen LogP contribution in [0.25, 0.3) is 5.70 Å². The summed E-state index contributed by atoms with van der Waals surface area (Å²) >= 11 is 0. The molecule has 1 aromatic carbocycles. The van der Waals surface area contributed by atoms with Gasteiger partial charge < -0.3 is 16.1 Å². The number of allylic oxidation sites excluding steroid dienone is 2. The summed E-state index contributed by atoms with van der Waals surface area (Å²) < 4.78 is 0. The molecule has 0 bridgehead atoms. The number of nitrogens with two attached hydrogens (primary N) is 1. The number of carbonyl (C=O) groups excluding carboxylic acids is 1. The number of hydrogen-bond acceptors (Lipinski definition) is 4. The fourth-order valence-corrected chi connectivity index (χ4v) is 2.19. The van der Waals surface area contributed by atoms with E-state index in [1.54, 1.807) is 19.2 Å². The highest BCUT2D eigenvalue weighted by atomic mass is 16.1. The van der Waals surface area contributed by atoms with Crippen LogP contribution in [0.15, 0.2) is 66.5 Å². The van der Waals surface area contributed by atoms with Crippen LogP contribution in [-0.4, -0.2) is 13.5 Å². The second-order valence-corrected chi connectivity index (χ2v) is 4.46. The number of nitrogens with one attached hydrogen (secondary N) is 3. The molecule has 0 aromatic heterocycles. The molecule has 0 unspecified atom stereocenters. The summed E-state index contributed by atoms with van der Waals surface area (Å²) in [6.45, 7) is 13.5. The van der Waals surface area contributed by atoms with Crippen molar-refractivity contribution < 1.29 is 4.79 Å². The van der Waals surface area contributed by atoms with Gasteiger partial charge in [0.1, 0.15) is 0 Å². The molecular weight excluding hydrogens is 300 g/mol. The maximum absolute atomic E-state index is 10.8. The first-order valence-corrected chi connectivity index (χ1v) is 7.78. The van der Waals surface area contributed by atoms with Crippen LogP contribution in [0.3, 0.4) is 0 Å². The second kappa shape index (κ2) is 11.7. The molecule has 1 rings (SSSR count). The third-order valence-corrected chi connectivity index (χ3v) is 3.24. The van der Waals surface area contributed by atoms with Crippen molar-refractivity contribution in [1.82, 2.24) is 16.1 Å². The van der Waals surface area contributed by atoms with E-state index in [0.29, 0.717) is 29.1 Å². The first-order valence-electron chi connectivity index (χ1n) is 7.78. The van der Waals surface area contributed by atoms with E-state index in [1.165, 1.54) is 0 Å². The van der Waals surface area contributed by atoms with Gasteiger partial charge in [0.25, 0.3) is 0 Å². The van der Waals surface area contributed by atoms with Crippen molar-refractivity contribution in [3.05, 3.63) is 77.7 Å². The molecule has 5 heteroatoms. The number of rotatable bonds is 8. The lowest BCUT2D eigenvalue weighted by molar-refractivity contribution is -0.108. The van der Waals surface area contributed by atoms with E-state index in [9.17, 15) is 4.79 Å². The SMILES string of the molecule is C=C/C(NC=O)=C(C=C)/C(NC)=C(/NN)c1ccccc1C.CC. The van der Waals surface area contributed by atoms with Gasteiger partial charge in [-0.3, -0.25) is 10.6 Å². The summed E-state index contributed by atoms with van der Waals surface area (Å²) in [4.78, 5) is 10.8. The number of aryl methyl sites for hydroxylation is 1. The smallest absolute Gasteiger partial charge is 0.211 e. The third-order valence-electron chi connectivity index (χ3n) is 3.24. The predicted molar refractivity (Wildman–Crippen MR) is 102 cm³/mol. The zero-order valence-electron chi connectivity index (χ0n) is 14.9. The van der Waals surface area contributed by atoms with Crippen molar-refractivity contribution in [2.45, 2.75) is 20.8 Å². The minimum atomic E-state index is 0.538. The van der Waals surface area contributed by atoms with Crippen molar-refractivity contribution in [3.63, 3.8) is 0 Å². The maximum Gasteiger partial charge on any atom is 0.211 e. The Bertz CT molecular complexity index is 630. The molecular formula is C19H28N4O. The highest BCUT2D eigenvalue weighted by Gasteiger charge is 2.14. The van der Waals surface area contributed by atoms with Crippen LogP contribution < -0.4 is 21.9 Å². The van der Waals surface area contributed by atoms with Crippen LogP contribution in [-0.2, 0) is 4.79 Å². The van der Waals surface area contributed by atoms with Gasteiger partial charge in [-0.2, -0.15) is 0 Å². The fourth-order valence-electron chi connectivity index (χ4n) is 2.19. The van der Waals surface area contributed by atoms with E-state index < -0.39 is 0 Å². The van der Waals surface area contributed by atoms with Crippen LogP contribution in [0.1, 0.15) is 25.0 Å². The Morgan fingerprint density at radius 2 is 1.79 bits per heavy atom. The monoisotopic (exact) mass is 328 g/mol. The van der Waals surface area contributed by atoms with E-state index in [2.05, 4.69) is 29.2 Å². The Morgan fingerprint density at radius 1 is 1.17 bits per heavy atom. The molecule has 0 heterocycles. The zero-order chi connectivity index (χ0) is 18.5. The molecule has 0 aliphatic carbocycles. The quantitative estimate of drug-likeness (QED) is 0.256. The van der Waals surface area contributed by atoms with Crippen molar-refractivity contribution in [1.29, 1.82) is 0 Å². The summed E-state index contributed by atoms with van der Waals surface area (Å²) in [6.07, 6.45) is 3.78. The number of carbonyl (C=O) groups is 1. The molecule has 0 radical (unpaired) electrons. The normalized spacial score (nSPS) is 11.7. The fraction of sp³-hybridized carbons (Fsp3) is 0.211. The van der Waals surface area contributed by atoms with Crippen molar-refractivity contribution in [2.75, 3.05) is 7.05 Å². The number of amides is 1. The third kappa shape index (κ3) is 5.14. The summed E-state index contributed by atoms with van der Waals surface area (Å²) in [5, 5.41) is 5.72. The molecule has 24 heavy (non-hydrogen) atoms.